The van der Waals surface area contributed by atoms with Crippen molar-refractivity contribution in [3.63, 3.8) is 0 Å². The van der Waals surface area contributed by atoms with Gasteiger partial charge < -0.3 is 18.6 Å². The third kappa shape index (κ3) is 8.32. The molecule has 93 heavy (non-hydrogen) atoms. The summed E-state index contributed by atoms with van der Waals surface area (Å²) in [6.07, 6.45) is 0. The van der Waals surface area contributed by atoms with Crippen LogP contribution in [-0.2, 0) is 16.2 Å². The molecule has 0 fully saturated rings. The van der Waals surface area contributed by atoms with Crippen LogP contribution < -0.4 is 42.6 Å². The molecule has 2 aromatic heterocycles. The minimum atomic E-state index is -0.0137. The quantitative estimate of drug-likeness (QED) is 0.161. The second-order valence-corrected chi connectivity index (χ2v) is 30.2. The van der Waals surface area contributed by atoms with E-state index in [1.165, 1.54) is 139 Å². The van der Waals surface area contributed by atoms with Gasteiger partial charge in [-0.2, -0.15) is 0 Å². The van der Waals surface area contributed by atoms with E-state index in [0.717, 1.165) is 60.6 Å². The number of benzene rings is 12. The number of nitrogens with zero attached hydrogens (tertiary/aromatic N) is 2. The summed E-state index contributed by atoms with van der Waals surface area (Å²) in [4.78, 5) is 5.13. The van der Waals surface area contributed by atoms with E-state index in [0.29, 0.717) is 0 Å². The number of para-hydroxylation sites is 2. The van der Waals surface area contributed by atoms with Gasteiger partial charge in [0, 0.05) is 55.7 Å². The van der Waals surface area contributed by atoms with E-state index in [1.807, 2.05) is 6.07 Å². The van der Waals surface area contributed by atoms with Crippen molar-refractivity contribution < 1.29 is 8.83 Å². The minimum Gasteiger partial charge on any atom is -0.456 e. The van der Waals surface area contributed by atoms with E-state index in [1.54, 1.807) is 0 Å². The van der Waals surface area contributed by atoms with Crippen molar-refractivity contribution in [3.8, 4) is 55.6 Å². The summed E-state index contributed by atoms with van der Waals surface area (Å²) in [5, 5.41) is 4.50. The van der Waals surface area contributed by atoms with Crippen molar-refractivity contribution >= 4 is 124 Å². The zero-order valence-electron chi connectivity index (χ0n) is 55.2. The average Bonchev–Trinajstić information content (AvgIpc) is 1.59. The fourth-order valence-electron chi connectivity index (χ4n) is 16.5. The molecule has 4 aliphatic heterocycles. The predicted molar refractivity (Wildman–Crippen MR) is 397 cm³/mol. The summed E-state index contributed by atoms with van der Waals surface area (Å²) < 4.78 is 13.6. The van der Waals surface area contributed by atoms with Crippen molar-refractivity contribution in [2.45, 2.75) is 99.3 Å². The number of furan rings is 2. The molecule has 12 aromatic carbocycles. The van der Waals surface area contributed by atoms with Crippen LogP contribution >= 0.6 is 0 Å². The van der Waals surface area contributed by atoms with Crippen molar-refractivity contribution in [1.29, 1.82) is 0 Å². The third-order valence-corrected chi connectivity index (χ3v) is 21.3. The molecule has 0 atom stereocenters. The van der Waals surface area contributed by atoms with E-state index in [-0.39, 0.29) is 29.7 Å². The van der Waals surface area contributed by atoms with Crippen LogP contribution in [0.2, 0.25) is 0 Å². The number of fused-ring (bicyclic) bond motifs is 16. The first kappa shape index (κ1) is 55.8. The molecular weight excluding hydrogens is 1130 g/mol. The molecule has 0 bridgehead atoms. The van der Waals surface area contributed by atoms with Crippen LogP contribution in [0.4, 0.5) is 34.1 Å². The topological polar surface area (TPSA) is 32.8 Å². The molecule has 0 aliphatic carbocycles. The molecule has 14 aromatic rings. The van der Waals surface area contributed by atoms with Gasteiger partial charge in [0.1, 0.15) is 22.3 Å². The van der Waals surface area contributed by atoms with Crippen LogP contribution in [0.1, 0.15) is 95.7 Å². The lowest BCUT2D eigenvalue weighted by Gasteiger charge is -2.38. The van der Waals surface area contributed by atoms with Gasteiger partial charge in [-0.1, -0.05) is 200 Å². The van der Waals surface area contributed by atoms with Crippen LogP contribution in [0.15, 0.2) is 227 Å². The second kappa shape index (κ2) is 19.5. The molecule has 18 rings (SSSR count). The summed E-state index contributed by atoms with van der Waals surface area (Å²) in [5.74, 6) is 0. The number of anilines is 6. The molecule has 0 radical (unpaired) electrons. The third-order valence-electron chi connectivity index (χ3n) is 21.3. The maximum atomic E-state index is 7.12. The Kier molecular flexibility index (Phi) is 11.7. The zero-order chi connectivity index (χ0) is 63.5. The normalized spacial score (nSPS) is 13.7. The van der Waals surface area contributed by atoms with Crippen LogP contribution in [0.5, 0.6) is 0 Å². The largest absolute Gasteiger partial charge is 0.456 e. The van der Waals surface area contributed by atoms with E-state index >= 15 is 0 Å². The monoisotopic (exact) mass is 1200 g/mol. The van der Waals surface area contributed by atoms with Gasteiger partial charge in [0.2, 0.25) is 13.4 Å². The number of hydrogen-bond acceptors (Lipinski definition) is 4. The van der Waals surface area contributed by atoms with E-state index in [9.17, 15) is 0 Å². The highest BCUT2D eigenvalue weighted by Gasteiger charge is 2.46. The van der Waals surface area contributed by atoms with Crippen molar-refractivity contribution in [1.82, 2.24) is 0 Å². The maximum Gasteiger partial charge on any atom is 0.248 e. The van der Waals surface area contributed by atoms with Crippen molar-refractivity contribution in [2.75, 3.05) is 9.80 Å². The van der Waals surface area contributed by atoms with Crippen LogP contribution in [0.3, 0.4) is 0 Å². The smallest absolute Gasteiger partial charge is 0.248 e. The molecule has 6 heteroatoms. The summed E-state index contributed by atoms with van der Waals surface area (Å²) in [6, 6.07) is 83.3. The highest BCUT2D eigenvalue weighted by atomic mass is 16.3. The molecule has 4 nitrogen and oxygen atoms in total. The first-order valence-electron chi connectivity index (χ1n) is 33.3. The van der Waals surface area contributed by atoms with E-state index < -0.39 is 0 Å². The molecule has 0 amide bonds. The van der Waals surface area contributed by atoms with Gasteiger partial charge in [-0.15, -0.1) is 0 Å². The standard InChI is InChI=1S/C87H72B2N2O2/c1-49-18-13-15-22-73(49)91-76-43-57(53-25-33-64-63-20-14-16-23-77(63)92-78(64)45-53)40-69-67-21-17-19-50(2)81(67)89(83(69)76)72-41-55(38-51(3)84(72)91)52-24-34-65-66-35-26-54(46-80(66)93-79(65)44-52)56-39-68-62-36-29-59(86(7,8)9)47-70(62)88-71-48-60(87(10,11)12)30-37-74(71)90(75(42-56)82(68)88)61-31-27-58(28-32-61)85(4,5)6/h13-48H,1-12H3. The number of hydrogen-bond donors (Lipinski definition) is 0. The fourth-order valence-corrected chi connectivity index (χ4v) is 16.5. The van der Waals surface area contributed by atoms with Gasteiger partial charge in [0.05, 0.1) is 0 Å². The second-order valence-electron chi connectivity index (χ2n) is 30.2. The summed E-state index contributed by atoms with van der Waals surface area (Å²) in [6.45, 7) is 27.9. The Balaban J connectivity index is 0.773. The van der Waals surface area contributed by atoms with E-state index in [4.69, 9.17) is 8.83 Å². The maximum absolute atomic E-state index is 7.12. The van der Waals surface area contributed by atoms with Crippen LogP contribution in [-0.4, -0.2) is 13.4 Å². The average molecular weight is 1200 g/mol. The van der Waals surface area contributed by atoms with Gasteiger partial charge in [-0.05, 0) is 239 Å². The first-order valence-corrected chi connectivity index (χ1v) is 33.3. The van der Waals surface area contributed by atoms with Crippen LogP contribution in [0.25, 0.3) is 99.5 Å². The summed E-state index contributed by atoms with van der Waals surface area (Å²) in [5.41, 5.74) is 39.0. The summed E-state index contributed by atoms with van der Waals surface area (Å²) in [7, 11) is 0. The molecule has 0 unspecified atom stereocenters. The Labute approximate surface area is 546 Å². The van der Waals surface area contributed by atoms with Gasteiger partial charge >= 0.3 is 0 Å². The van der Waals surface area contributed by atoms with E-state index in [2.05, 4.69) is 305 Å². The number of rotatable bonds is 5. The molecule has 0 saturated carbocycles. The fraction of sp³-hybridized carbons (Fsp3) is 0.172. The zero-order valence-corrected chi connectivity index (χ0v) is 55.2. The molecule has 0 spiro atoms. The lowest BCUT2D eigenvalue weighted by Crippen LogP contribution is -2.55. The summed E-state index contributed by atoms with van der Waals surface area (Å²) >= 11 is 0. The molecule has 448 valence electrons. The predicted octanol–water partition coefficient (Wildman–Crippen LogP) is 19.9. The highest BCUT2D eigenvalue weighted by Crippen LogP contribution is 2.49. The molecular formula is C87H72B2N2O2. The lowest BCUT2D eigenvalue weighted by molar-refractivity contribution is 0.590. The Morgan fingerprint density at radius 2 is 0.806 bits per heavy atom. The van der Waals surface area contributed by atoms with Crippen molar-refractivity contribution in [3.05, 3.63) is 252 Å². The first-order chi connectivity index (χ1) is 44.7. The van der Waals surface area contributed by atoms with Gasteiger partial charge in [0.15, 0.2) is 0 Å². The molecule has 0 saturated heterocycles. The molecule has 6 heterocycles. The van der Waals surface area contributed by atoms with Crippen LogP contribution in [0, 0.1) is 20.8 Å². The lowest BCUT2D eigenvalue weighted by atomic mass is 9.36. The Morgan fingerprint density at radius 1 is 0.290 bits per heavy atom. The molecule has 4 aliphatic rings. The van der Waals surface area contributed by atoms with Crippen molar-refractivity contribution in [2.24, 2.45) is 0 Å². The highest BCUT2D eigenvalue weighted by molar-refractivity contribution is 7.02. The minimum absolute atomic E-state index is 0.00399. The SMILES string of the molecule is Cc1ccccc1N1c2cc(-c3ccc4c(c3)oc3ccccc34)cc3c2B(c2cc(-c4ccc5c(c4)oc4cc(-c6cc7c8c(c6)N(c6ccc(C(C)(C)C)cc6)c6ccc(C(C)(C)C)cc6B8c6cc(C(C)(C)C)ccc6-7)ccc45)cc(C)c21)c1c(C)cccc1-3. The number of aryl methyl sites for hydroxylation is 3. The van der Waals surface area contributed by atoms with Gasteiger partial charge in [-0.3, -0.25) is 0 Å². The molecule has 0 N–H and O–H groups in total. The van der Waals surface area contributed by atoms with Gasteiger partial charge in [-0.25, -0.2) is 0 Å². The Hall–Kier alpha value is -10.0. The Bertz CT molecular complexity index is 5580. The Morgan fingerprint density at radius 3 is 1.44 bits per heavy atom. The van der Waals surface area contributed by atoms with Gasteiger partial charge in [0.25, 0.3) is 0 Å².